The molecule has 2 heterocycles. The molecule has 1 aliphatic rings. The highest BCUT2D eigenvalue weighted by Gasteiger charge is 2.28. The van der Waals surface area contributed by atoms with Crippen LogP contribution in [0.25, 0.3) is 0 Å². The molecule has 3 aromatic rings. The fraction of sp³-hybridized carbons (Fsp3) is 0.217. The summed E-state index contributed by atoms with van der Waals surface area (Å²) in [5, 5.41) is 3.13. The van der Waals surface area contributed by atoms with Crippen LogP contribution in [0.4, 0.5) is 5.69 Å². The quantitative estimate of drug-likeness (QED) is 0.504. The molecule has 4 rings (SSSR count). The number of carbonyl (C=O) groups is 3. The highest BCUT2D eigenvalue weighted by Crippen LogP contribution is 2.34. The normalized spacial score (nSPS) is 12.7. The van der Waals surface area contributed by atoms with E-state index in [0.717, 1.165) is 0 Å². The Kier molecular flexibility index (Phi) is 6.60. The lowest BCUT2D eigenvalue weighted by Gasteiger charge is -2.28. The predicted molar refractivity (Wildman–Crippen MR) is 119 cm³/mol. The van der Waals surface area contributed by atoms with E-state index in [-0.39, 0.29) is 48.9 Å². The van der Waals surface area contributed by atoms with Crippen LogP contribution in [0.3, 0.4) is 0 Å². The number of nitrogens with one attached hydrogen (secondary N) is 1. The Morgan fingerprint density at radius 2 is 2.09 bits per heavy atom. The van der Waals surface area contributed by atoms with Gasteiger partial charge in [-0.15, -0.1) is 0 Å². The van der Waals surface area contributed by atoms with Gasteiger partial charge in [0, 0.05) is 17.1 Å². The average molecular weight is 470 g/mol. The van der Waals surface area contributed by atoms with Crippen LogP contribution in [0.5, 0.6) is 11.5 Å². The summed E-state index contributed by atoms with van der Waals surface area (Å²) in [5.74, 6) is 0.107. The number of anilines is 1. The maximum absolute atomic E-state index is 12.7. The first-order valence-corrected chi connectivity index (χ1v) is 10.5. The van der Waals surface area contributed by atoms with E-state index in [1.54, 1.807) is 49.4 Å². The third-order valence-corrected chi connectivity index (χ3v) is 5.04. The summed E-state index contributed by atoms with van der Waals surface area (Å²) >= 11 is 5.94. The number of ketones is 1. The van der Waals surface area contributed by atoms with E-state index in [0.29, 0.717) is 34.3 Å². The van der Waals surface area contributed by atoms with Crippen molar-refractivity contribution in [3.05, 3.63) is 70.9 Å². The zero-order chi connectivity index (χ0) is 23.4. The van der Waals surface area contributed by atoms with Gasteiger partial charge in [-0.3, -0.25) is 19.3 Å². The summed E-state index contributed by atoms with van der Waals surface area (Å²) < 4.78 is 16.4. The first-order chi connectivity index (χ1) is 15.9. The van der Waals surface area contributed by atoms with E-state index in [4.69, 9.17) is 25.5 Å². The minimum atomic E-state index is -0.367. The molecule has 0 saturated heterocycles. The zero-order valence-corrected chi connectivity index (χ0v) is 18.4. The van der Waals surface area contributed by atoms with Crippen molar-refractivity contribution in [3.63, 3.8) is 0 Å². The molecule has 1 aliphatic heterocycles. The number of amides is 2. The molecule has 2 amide bonds. The number of oxazole rings is 1. The lowest BCUT2D eigenvalue weighted by Crippen LogP contribution is -2.38. The molecule has 0 spiro atoms. The Balaban J connectivity index is 1.51. The number of hydrogen-bond donors (Lipinski definition) is 1. The Bertz CT molecular complexity index is 1210. The van der Waals surface area contributed by atoms with E-state index in [1.807, 2.05) is 0 Å². The van der Waals surface area contributed by atoms with E-state index in [2.05, 4.69) is 10.3 Å². The molecule has 0 aliphatic carbocycles. The zero-order valence-electron chi connectivity index (χ0n) is 17.7. The molecule has 2 aromatic carbocycles. The molecule has 170 valence electrons. The molecule has 33 heavy (non-hydrogen) atoms. The Morgan fingerprint density at radius 3 is 2.88 bits per heavy atom. The maximum Gasteiger partial charge on any atom is 0.273 e. The Hall–Kier alpha value is -3.85. The molecule has 0 radical (unpaired) electrons. The number of benzene rings is 2. The van der Waals surface area contributed by atoms with Gasteiger partial charge in [-0.05, 0) is 43.3 Å². The lowest BCUT2D eigenvalue weighted by atomic mass is 10.1. The van der Waals surface area contributed by atoms with Gasteiger partial charge >= 0.3 is 0 Å². The van der Waals surface area contributed by atoms with Gasteiger partial charge in [-0.2, -0.15) is 0 Å². The maximum atomic E-state index is 12.7. The van der Waals surface area contributed by atoms with Crippen molar-refractivity contribution in [3.8, 4) is 11.5 Å². The SMILES string of the molecule is CCNC(=O)c1coc(CN2C(=O)COc3ccc(C(=O)COc4cccc(Cl)c4)cc32)n1. The van der Waals surface area contributed by atoms with E-state index in [1.165, 1.54) is 11.2 Å². The smallest absolute Gasteiger partial charge is 0.273 e. The van der Waals surface area contributed by atoms with Gasteiger partial charge in [-0.1, -0.05) is 17.7 Å². The molecule has 0 unspecified atom stereocenters. The molecule has 9 nitrogen and oxygen atoms in total. The van der Waals surface area contributed by atoms with Crippen LogP contribution in [-0.2, 0) is 11.3 Å². The molecule has 1 aromatic heterocycles. The monoisotopic (exact) mass is 469 g/mol. The van der Waals surface area contributed by atoms with Crippen molar-refractivity contribution < 1.29 is 28.3 Å². The second kappa shape index (κ2) is 9.74. The largest absolute Gasteiger partial charge is 0.485 e. The van der Waals surface area contributed by atoms with Crippen molar-refractivity contribution in [1.82, 2.24) is 10.3 Å². The molecule has 0 bridgehead atoms. The third kappa shape index (κ3) is 5.15. The summed E-state index contributed by atoms with van der Waals surface area (Å²) in [6.07, 6.45) is 1.24. The van der Waals surface area contributed by atoms with Crippen LogP contribution in [0.1, 0.15) is 33.7 Å². The average Bonchev–Trinajstić information content (AvgIpc) is 3.28. The van der Waals surface area contributed by atoms with E-state index < -0.39 is 0 Å². The second-order valence-electron chi connectivity index (χ2n) is 7.11. The van der Waals surface area contributed by atoms with Crippen LogP contribution >= 0.6 is 11.6 Å². The summed E-state index contributed by atoms with van der Waals surface area (Å²) in [6.45, 7) is 1.85. The van der Waals surface area contributed by atoms with Gasteiger partial charge in [0.25, 0.3) is 11.8 Å². The molecular formula is C23H20ClN3O6. The molecule has 1 N–H and O–H groups in total. The fourth-order valence-electron chi connectivity index (χ4n) is 3.21. The Morgan fingerprint density at radius 1 is 1.24 bits per heavy atom. The number of rotatable bonds is 8. The first-order valence-electron chi connectivity index (χ1n) is 10.2. The fourth-order valence-corrected chi connectivity index (χ4v) is 3.39. The first kappa shape index (κ1) is 22.3. The molecular weight excluding hydrogens is 450 g/mol. The topological polar surface area (TPSA) is 111 Å². The number of halogens is 1. The van der Waals surface area contributed by atoms with Gasteiger partial charge in [0.1, 0.15) is 24.3 Å². The third-order valence-electron chi connectivity index (χ3n) is 4.81. The van der Waals surface area contributed by atoms with Crippen molar-refractivity contribution in [1.29, 1.82) is 0 Å². The highest BCUT2D eigenvalue weighted by molar-refractivity contribution is 6.30. The number of carbonyl (C=O) groups excluding carboxylic acids is 3. The summed E-state index contributed by atoms with van der Waals surface area (Å²) in [4.78, 5) is 42.7. The molecule has 10 heteroatoms. The van der Waals surface area contributed by atoms with Crippen LogP contribution in [-0.4, -0.2) is 42.3 Å². The number of hydrogen-bond acceptors (Lipinski definition) is 7. The van der Waals surface area contributed by atoms with Gasteiger partial charge < -0.3 is 19.2 Å². The number of ether oxygens (including phenoxy) is 2. The van der Waals surface area contributed by atoms with Gasteiger partial charge in [0.2, 0.25) is 5.89 Å². The molecule has 0 atom stereocenters. The van der Waals surface area contributed by atoms with Crippen LogP contribution in [0.2, 0.25) is 5.02 Å². The molecule has 0 fully saturated rings. The van der Waals surface area contributed by atoms with Crippen LogP contribution < -0.4 is 19.7 Å². The number of Topliss-reactive ketones (excluding diaryl/α,β-unsaturated/α-hetero) is 1. The van der Waals surface area contributed by atoms with Gasteiger partial charge in [-0.25, -0.2) is 4.98 Å². The minimum absolute atomic E-state index is 0.0226. The minimum Gasteiger partial charge on any atom is -0.485 e. The Labute approximate surface area is 194 Å². The van der Waals surface area contributed by atoms with Gasteiger partial charge in [0.05, 0.1) is 5.69 Å². The number of aromatic nitrogens is 1. The standard InChI is InChI=1S/C23H20ClN3O6/c1-2-25-23(30)17-11-33-21(26-17)10-27-18-8-14(6-7-20(18)32-13-22(27)29)19(28)12-31-16-5-3-4-15(24)9-16/h3-9,11H,2,10,12-13H2,1H3,(H,25,30). The van der Waals surface area contributed by atoms with Crippen molar-refractivity contribution in [2.45, 2.75) is 13.5 Å². The predicted octanol–water partition coefficient (Wildman–Crippen LogP) is 3.27. The summed E-state index contributed by atoms with van der Waals surface area (Å²) in [7, 11) is 0. The summed E-state index contributed by atoms with van der Waals surface area (Å²) in [5.41, 5.74) is 0.863. The van der Waals surface area contributed by atoms with Crippen molar-refractivity contribution in [2.24, 2.45) is 0 Å². The number of nitrogens with zero attached hydrogens (tertiary/aromatic N) is 2. The van der Waals surface area contributed by atoms with Crippen LogP contribution in [0.15, 0.2) is 53.1 Å². The molecule has 0 saturated carbocycles. The number of fused-ring (bicyclic) bond motifs is 1. The highest BCUT2D eigenvalue weighted by atomic mass is 35.5. The van der Waals surface area contributed by atoms with E-state index >= 15 is 0 Å². The van der Waals surface area contributed by atoms with Crippen molar-refractivity contribution >= 4 is 34.9 Å². The van der Waals surface area contributed by atoms with E-state index in [9.17, 15) is 14.4 Å². The summed E-state index contributed by atoms with van der Waals surface area (Å²) in [6, 6.07) is 11.5. The van der Waals surface area contributed by atoms with Crippen molar-refractivity contribution in [2.75, 3.05) is 24.7 Å². The van der Waals surface area contributed by atoms with Crippen LogP contribution in [0, 0.1) is 0 Å². The van der Waals surface area contributed by atoms with Gasteiger partial charge in [0.15, 0.2) is 24.7 Å². The second-order valence-corrected chi connectivity index (χ2v) is 7.54. The lowest BCUT2D eigenvalue weighted by molar-refractivity contribution is -0.121.